The minimum absolute atomic E-state index is 0.0266. The molecule has 0 aromatic carbocycles. The number of rotatable bonds is 4. The van der Waals surface area contributed by atoms with Crippen LogP contribution in [0.5, 0.6) is 0 Å². The van der Waals surface area contributed by atoms with Gasteiger partial charge in [-0.05, 0) is 0 Å². The van der Waals surface area contributed by atoms with Crippen LogP contribution < -0.4 is 10.2 Å². The standard InChI is InChI=1S/C9H8N4O3S/c14-9-12-6(5-17-9)4-11-8-3-7(13(15)16)1-2-10-8/h1-3,5H,4H2,(H,10,11)(H,12,14). The van der Waals surface area contributed by atoms with Crippen molar-refractivity contribution in [2.75, 3.05) is 5.32 Å². The van der Waals surface area contributed by atoms with Gasteiger partial charge in [-0.15, -0.1) is 0 Å². The van der Waals surface area contributed by atoms with Crippen LogP contribution in [0, 0.1) is 10.1 Å². The lowest BCUT2D eigenvalue weighted by Gasteiger charge is -2.02. The second-order valence-electron chi connectivity index (χ2n) is 3.18. The Morgan fingerprint density at radius 2 is 2.41 bits per heavy atom. The highest BCUT2D eigenvalue weighted by Crippen LogP contribution is 2.14. The van der Waals surface area contributed by atoms with E-state index in [1.165, 1.54) is 18.3 Å². The molecule has 2 aromatic heterocycles. The Bertz CT molecular complexity index is 592. The van der Waals surface area contributed by atoms with Gasteiger partial charge in [-0.1, -0.05) is 11.3 Å². The van der Waals surface area contributed by atoms with E-state index >= 15 is 0 Å². The normalized spacial score (nSPS) is 10.1. The van der Waals surface area contributed by atoms with Crippen LogP contribution in [0.15, 0.2) is 28.5 Å². The zero-order chi connectivity index (χ0) is 12.3. The van der Waals surface area contributed by atoms with Crippen molar-refractivity contribution in [1.82, 2.24) is 9.97 Å². The monoisotopic (exact) mass is 252 g/mol. The Kier molecular flexibility index (Phi) is 3.15. The summed E-state index contributed by atoms with van der Waals surface area (Å²) < 4.78 is 0. The number of aromatic nitrogens is 2. The number of nitro groups is 1. The van der Waals surface area contributed by atoms with Gasteiger partial charge >= 0.3 is 4.87 Å². The van der Waals surface area contributed by atoms with Crippen molar-refractivity contribution in [2.45, 2.75) is 6.54 Å². The van der Waals surface area contributed by atoms with Crippen molar-refractivity contribution in [1.29, 1.82) is 0 Å². The van der Waals surface area contributed by atoms with Gasteiger partial charge in [-0.3, -0.25) is 14.9 Å². The molecule has 8 heteroatoms. The van der Waals surface area contributed by atoms with Crippen LogP contribution in [0.25, 0.3) is 0 Å². The first-order valence-corrected chi connectivity index (χ1v) is 5.54. The molecule has 0 aliphatic heterocycles. The molecule has 0 atom stereocenters. The van der Waals surface area contributed by atoms with E-state index in [2.05, 4.69) is 15.3 Å². The summed E-state index contributed by atoms with van der Waals surface area (Å²) in [7, 11) is 0. The molecule has 0 amide bonds. The number of pyridine rings is 1. The van der Waals surface area contributed by atoms with Gasteiger partial charge < -0.3 is 10.3 Å². The van der Waals surface area contributed by atoms with Gasteiger partial charge in [-0.25, -0.2) is 4.98 Å². The molecule has 0 radical (unpaired) electrons. The fraction of sp³-hybridized carbons (Fsp3) is 0.111. The maximum absolute atomic E-state index is 10.9. The number of hydrogen-bond donors (Lipinski definition) is 2. The van der Waals surface area contributed by atoms with Gasteiger partial charge in [-0.2, -0.15) is 0 Å². The highest BCUT2D eigenvalue weighted by atomic mass is 32.1. The molecule has 0 aliphatic carbocycles. The van der Waals surface area contributed by atoms with E-state index in [0.717, 1.165) is 11.3 Å². The third kappa shape index (κ3) is 2.88. The maximum atomic E-state index is 10.9. The van der Waals surface area contributed by atoms with Crippen LogP contribution in [0.1, 0.15) is 5.69 Å². The molecule has 2 N–H and O–H groups in total. The average Bonchev–Trinajstić information content (AvgIpc) is 2.73. The highest BCUT2D eigenvalue weighted by molar-refractivity contribution is 7.07. The summed E-state index contributed by atoms with van der Waals surface area (Å²) in [6.07, 6.45) is 1.36. The Balaban J connectivity index is 2.06. The number of aromatic amines is 1. The first-order valence-electron chi connectivity index (χ1n) is 4.66. The number of H-pyrrole nitrogens is 1. The fourth-order valence-corrected chi connectivity index (χ4v) is 1.80. The molecular weight excluding hydrogens is 244 g/mol. The zero-order valence-corrected chi connectivity index (χ0v) is 9.36. The van der Waals surface area contributed by atoms with Crippen LogP contribution in [-0.4, -0.2) is 14.9 Å². The Morgan fingerprint density at radius 1 is 1.59 bits per heavy atom. The summed E-state index contributed by atoms with van der Waals surface area (Å²) in [6.45, 7) is 0.368. The van der Waals surface area contributed by atoms with Crippen molar-refractivity contribution in [3.8, 4) is 0 Å². The summed E-state index contributed by atoms with van der Waals surface area (Å²) in [5.74, 6) is 0.395. The maximum Gasteiger partial charge on any atom is 0.304 e. The molecule has 0 saturated heterocycles. The summed E-state index contributed by atoms with van der Waals surface area (Å²) in [5, 5.41) is 15.1. The van der Waals surface area contributed by atoms with Gasteiger partial charge in [0, 0.05) is 23.3 Å². The van der Waals surface area contributed by atoms with E-state index in [9.17, 15) is 14.9 Å². The van der Waals surface area contributed by atoms with Gasteiger partial charge in [0.05, 0.1) is 17.5 Å². The molecule has 0 spiro atoms. The van der Waals surface area contributed by atoms with Gasteiger partial charge in [0.1, 0.15) is 5.82 Å². The minimum Gasteiger partial charge on any atom is -0.364 e. The lowest BCUT2D eigenvalue weighted by atomic mass is 10.4. The quantitative estimate of drug-likeness (QED) is 0.631. The summed E-state index contributed by atoms with van der Waals surface area (Å²) in [6, 6.07) is 2.65. The SMILES string of the molecule is O=c1[nH]c(CNc2cc([N+](=O)[O-])ccn2)cs1. The molecule has 0 bridgehead atoms. The Hall–Kier alpha value is -2.22. The molecule has 2 heterocycles. The van der Waals surface area contributed by atoms with Crippen LogP contribution in [0.2, 0.25) is 0 Å². The number of nitrogens with one attached hydrogen (secondary N) is 2. The molecule has 7 nitrogen and oxygen atoms in total. The van der Waals surface area contributed by atoms with Crippen LogP contribution >= 0.6 is 11.3 Å². The molecule has 88 valence electrons. The summed E-state index contributed by atoms with van der Waals surface area (Å²) in [4.78, 5) is 27.4. The van der Waals surface area contributed by atoms with Crippen molar-refractivity contribution in [3.63, 3.8) is 0 Å². The lowest BCUT2D eigenvalue weighted by molar-refractivity contribution is -0.384. The molecule has 0 unspecified atom stereocenters. The van der Waals surface area contributed by atoms with E-state index in [4.69, 9.17) is 0 Å². The summed E-state index contributed by atoms with van der Waals surface area (Å²) in [5.41, 5.74) is 0.689. The topological polar surface area (TPSA) is 101 Å². The van der Waals surface area contributed by atoms with Crippen LogP contribution in [-0.2, 0) is 6.54 Å². The first kappa shape index (κ1) is 11.3. The van der Waals surface area contributed by atoms with Gasteiger partial charge in [0.2, 0.25) is 0 Å². The average molecular weight is 252 g/mol. The third-order valence-electron chi connectivity index (χ3n) is 1.99. The zero-order valence-electron chi connectivity index (χ0n) is 8.54. The predicted octanol–water partition coefficient (Wildman–Crippen LogP) is 1.35. The smallest absolute Gasteiger partial charge is 0.304 e. The number of thiazole rings is 1. The van der Waals surface area contributed by atoms with Gasteiger partial charge in [0.25, 0.3) is 5.69 Å². The third-order valence-corrected chi connectivity index (χ3v) is 2.70. The van der Waals surface area contributed by atoms with Crippen LogP contribution in [0.4, 0.5) is 11.5 Å². The molecule has 0 saturated carbocycles. The van der Waals surface area contributed by atoms with Crippen LogP contribution in [0.3, 0.4) is 0 Å². The number of hydrogen-bond acceptors (Lipinski definition) is 6. The second-order valence-corrected chi connectivity index (χ2v) is 4.03. The molecule has 2 aromatic rings. The van der Waals surface area contributed by atoms with Crippen molar-refractivity contribution in [2.24, 2.45) is 0 Å². The number of anilines is 1. The van der Waals surface area contributed by atoms with Crippen molar-refractivity contribution >= 4 is 22.8 Å². The van der Waals surface area contributed by atoms with E-state index in [0.29, 0.717) is 18.1 Å². The first-order chi connectivity index (χ1) is 8.15. The largest absolute Gasteiger partial charge is 0.364 e. The molecule has 0 fully saturated rings. The predicted molar refractivity (Wildman–Crippen MR) is 63.2 cm³/mol. The van der Waals surface area contributed by atoms with Crippen molar-refractivity contribution in [3.05, 3.63) is 49.2 Å². The van der Waals surface area contributed by atoms with E-state index in [-0.39, 0.29) is 10.6 Å². The molecule has 0 aliphatic rings. The van der Waals surface area contributed by atoms with E-state index < -0.39 is 4.92 Å². The molecule has 2 rings (SSSR count). The number of nitrogens with zero attached hydrogens (tertiary/aromatic N) is 2. The van der Waals surface area contributed by atoms with E-state index in [1.807, 2.05) is 0 Å². The minimum atomic E-state index is -0.487. The second kappa shape index (κ2) is 4.74. The highest BCUT2D eigenvalue weighted by Gasteiger charge is 2.06. The Morgan fingerprint density at radius 3 is 3.06 bits per heavy atom. The summed E-state index contributed by atoms with van der Waals surface area (Å²) >= 11 is 1.07. The van der Waals surface area contributed by atoms with Gasteiger partial charge in [0.15, 0.2) is 0 Å². The Labute approximate surface area is 99.3 Å². The fourth-order valence-electron chi connectivity index (χ4n) is 1.22. The van der Waals surface area contributed by atoms with Crippen molar-refractivity contribution < 1.29 is 4.92 Å². The molecular formula is C9H8N4O3S. The van der Waals surface area contributed by atoms with E-state index in [1.54, 1.807) is 5.38 Å². The molecule has 17 heavy (non-hydrogen) atoms. The lowest BCUT2D eigenvalue weighted by Crippen LogP contribution is -2.04.